The molecule has 1 aromatic heterocycles. The molecule has 0 bridgehead atoms. The van der Waals surface area contributed by atoms with Gasteiger partial charge in [-0.15, -0.1) is 0 Å². The predicted octanol–water partition coefficient (Wildman–Crippen LogP) is 1.75. The van der Waals surface area contributed by atoms with Gasteiger partial charge in [-0.05, 0) is 18.2 Å². The van der Waals surface area contributed by atoms with E-state index < -0.39 is 11.9 Å². The van der Waals surface area contributed by atoms with Gasteiger partial charge in [0.1, 0.15) is 11.8 Å². The number of benzene rings is 2. The number of ether oxygens (including phenoxy) is 1. The number of methoxy groups -OCH3 is 1. The van der Waals surface area contributed by atoms with Gasteiger partial charge in [0.2, 0.25) is 5.91 Å². The van der Waals surface area contributed by atoms with Gasteiger partial charge in [0.15, 0.2) is 0 Å². The molecule has 0 aliphatic carbocycles. The molecule has 2 N–H and O–H groups in total. The van der Waals surface area contributed by atoms with Crippen LogP contribution >= 0.6 is 0 Å². The molecule has 29 heavy (non-hydrogen) atoms. The maximum atomic E-state index is 12.7. The fourth-order valence-corrected chi connectivity index (χ4v) is 3.51. The Morgan fingerprint density at radius 3 is 2.72 bits per heavy atom. The molecular formula is C21H20N4O4. The Labute approximate surface area is 167 Å². The van der Waals surface area contributed by atoms with Crippen LogP contribution in [0.15, 0.2) is 54.7 Å². The van der Waals surface area contributed by atoms with Gasteiger partial charge >= 0.3 is 0 Å². The number of hydrazine groups is 1. The van der Waals surface area contributed by atoms with E-state index in [9.17, 15) is 14.4 Å². The van der Waals surface area contributed by atoms with E-state index in [2.05, 4.69) is 10.9 Å². The molecule has 148 valence electrons. The number of hydrogen-bond acceptors (Lipinski definition) is 5. The molecule has 1 aliphatic heterocycles. The van der Waals surface area contributed by atoms with Crippen molar-refractivity contribution in [3.63, 3.8) is 0 Å². The van der Waals surface area contributed by atoms with Crippen molar-refractivity contribution >= 4 is 34.3 Å². The van der Waals surface area contributed by atoms with Crippen molar-refractivity contribution in [2.75, 3.05) is 12.0 Å². The van der Waals surface area contributed by atoms with Crippen LogP contribution in [-0.2, 0) is 16.6 Å². The lowest BCUT2D eigenvalue weighted by molar-refractivity contribution is -0.121. The Morgan fingerprint density at radius 1 is 1.14 bits per heavy atom. The lowest BCUT2D eigenvalue weighted by atomic mass is 10.2. The third-order valence-corrected chi connectivity index (χ3v) is 4.96. The molecule has 1 fully saturated rings. The van der Waals surface area contributed by atoms with Crippen LogP contribution < -0.4 is 20.5 Å². The molecule has 0 spiro atoms. The summed E-state index contributed by atoms with van der Waals surface area (Å²) in [4.78, 5) is 38.9. The summed E-state index contributed by atoms with van der Waals surface area (Å²) in [6.07, 6.45) is 1.68. The third kappa shape index (κ3) is 3.34. The molecule has 2 aromatic carbocycles. The summed E-state index contributed by atoms with van der Waals surface area (Å²) in [6, 6.07) is 13.4. The smallest absolute Gasteiger partial charge is 0.267 e. The summed E-state index contributed by atoms with van der Waals surface area (Å²) >= 11 is 0. The Kier molecular flexibility index (Phi) is 4.77. The van der Waals surface area contributed by atoms with Gasteiger partial charge < -0.3 is 9.30 Å². The van der Waals surface area contributed by atoms with Crippen LogP contribution in [-0.4, -0.2) is 35.4 Å². The molecule has 1 atom stereocenters. The van der Waals surface area contributed by atoms with Crippen molar-refractivity contribution in [1.29, 1.82) is 0 Å². The van der Waals surface area contributed by atoms with E-state index in [0.29, 0.717) is 17.0 Å². The zero-order chi connectivity index (χ0) is 20.5. The second-order valence-electron chi connectivity index (χ2n) is 6.79. The minimum Gasteiger partial charge on any atom is -0.497 e. The Balaban J connectivity index is 1.48. The summed E-state index contributed by atoms with van der Waals surface area (Å²) in [5.74, 6) is -0.604. The number of para-hydroxylation sites is 1. The minimum absolute atomic E-state index is 0.0497. The summed E-state index contributed by atoms with van der Waals surface area (Å²) < 4.78 is 7.01. The molecule has 0 saturated carbocycles. The number of fused-ring (bicyclic) bond motifs is 1. The number of carbonyl (C=O) groups excluding carboxylic acids is 3. The van der Waals surface area contributed by atoms with Crippen LogP contribution in [0.25, 0.3) is 10.9 Å². The molecule has 0 unspecified atom stereocenters. The number of anilines is 1. The molecule has 3 aromatic rings. The van der Waals surface area contributed by atoms with Gasteiger partial charge in [-0.25, -0.2) is 10.3 Å². The molecule has 1 aliphatic rings. The van der Waals surface area contributed by atoms with E-state index in [0.717, 1.165) is 15.8 Å². The second-order valence-corrected chi connectivity index (χ2v) is 6.79. The molecule has 3 amide bonds. The standard InChI is InChI=1S/C21H20N4O4/c1-24-12-16(15-8-3-4-9-18(15)24)20(27)23-22-17-11-19(26)25(21(17)28)13-6-5-7-14(10-13)29-2/h3-10,12,17,22H,11H2,1-2H3,(H,23,27)/t17-/m0/s1. The summed E-state index contributed by atoms with van der Waals surface area (Å²) in [5.41, 5.74) is 7.12. The largest absolute Gasteiger partial charge is 0.497 e. The van der Waals surface area contributed by atoms with Crippen LogP contribution in [0, 0.1) is 0 Å². The number of rotatable bonds is 5. The molecule has 8 nitrogen and oxygen atoms in total. The Bertz CT molecular complexity index is 1120. The van der Waals surface area contributed by atoms with Crippen molar-refractivity contribution in [2.24, 2.45) is 7.05 Å². The number of nitrogens with one attached hydrogen (secondary N) is 2. The molecule has 4 rings (SSSR count). The average Bonchev–Trinajstić information content (AvgIpc) is 3.22. The number of imide groups is 1. The first-order valence-electron chi connectivity index (χ1n) is 9.10. The highest BCUT2D eigenvalue weighted by Crippen LogP contribution is 2.26. The molecule has 1 saturated heterocycles. The van der Waals surface area contributed by atoms with E-state index in [1.807, 2.05) is 35.9 Å². The number of carbonyl (C=O) groups is 3. The molecule has 8 heteroatoms. The zero-order valence-corrected chi connectivity index (χ0v) is 16.0. The van der Waals surface area contributed by atoms with Crippen molar-refractivity contribution < 1.29 is 19.1 Å². The normalized spacial score (nSPS) is 16.5. The first-order valence-corrected chi connectivity index (χ1v) is 9.10. The van der Waals surface area contributed by atoms with Crippen molar-refractivity contribution in [3.8, 4) is 5.75 Å². The Hall–Kier alpha value is -3.65. The number of hydrogen-bond donors (Lipinski definition) is 2. The lowest BCUT2D eigenvalue weighted by Gasteiger charge is -2.16. The van der Waals surface area contributed by atoms with Crippen LogP contribution in [0.5, 0.6) is 5.75 Å². The summed E-state index contributed by atoms with van der Waals surface area (Å²) in [6.45, 7) is 0. The van der Waals surface area contributed by atoms with Crippen LogP contribution in [0.2, 0.25) is 0 Å². The first-order chi connectivity index (χ1) is 14.0. The van der Waals surface area contributed by atoms with Crippen LogP contribution in [0.3, 0.4) is 0 Å². The van der Waals surface area contributed by atoms with E-state index in [1.54, 1.807) is 30.5 Å². The zero-order valence-electron chi connectivity index (χ0n) is 16.0. The van der Waals surface area contributed by atoms with Crippen molar-refractivity contribution in [2.45, 2.75) is 12.5 Å². The van der Waals surface area contributed by atoms with E-state index >= 15 is 0 Å². The molecular weight excluding hydrogens is 372 g/mol. The lowest BCUT2D eigenvalue weighted by Crippen LogP contribution is -2.48. The summed E-state index contributed by atoms with van der Waals surface area (Å²) in [7, 11) is 3.37. The minimum atomic E-state index is -0.840. The first kappa shape index (κ1) is 18.7. The monoisotopic (exact) mass is 392 g/mol. The van der Waals surface area contributed by atoms with Crippen molar-refractivity contribution in [1.82, 2.24) is 15.4 Å². The highest BCUT2D eigenvalue weighted by Gasteiger charge is 2.40. The van der Waals surface area contributed by atoms with Gasteiger partial charge in [0.25, 0.3) is 11.8 Å². The number of amides is 3. The maximum Gasteiger partial charge on any atom is 0.267 e. The quantitative estimate of drug-likeness (QED) is 0.510. The SMILES string of the molecule is COc1cccc(N2C(=O)C[C@H](NNC(=O)c3cn(C)c4ccccc34)C2=O)c1. The number of aromatic nitrogens is 1. The molecule has 0 radical (unpaired) electrons. The Morgan fingerprint density at radius 2 is 1.93 bits per heavy atom. The average molecular weight is 392 g/mol. The summed E-state index contributed by atoms with van der Waals surface area (Å²) in [5, 5.41) is 0.807. The van der Waals surface area contributed by atoms with Gasteiger partial charge in [-0.1, -0.05) is 24.3 Å². The van der Waals surface area contributed by atoms with Gasteiger partial charge in [-0.2, -0.15) is 0 Å². The van der Waals surface area contributed by atoms with E-state index in [-0.39, 0.29) is 18.2 Å². The highest BCUT2D eigenvalue weighted by atomic mass is 16.5. The topological polar surface area (TPSA) is 92.7 Å². The van der Waals surface area contributed by atoms with Gasteiger partial charge in [0, 0.05) is 30.2 Å². The fourth-order valence-electron chi connectivity index (χ4n) is 3.51. The van der Waals surface area contributed by atoms with E-state index in [4.69, 9.17) is 4.74 Å². The number of nitrogens with zero attached hydrogens (tertiary/aromatic N) is 2. The van der Waals surface area contributed by atoms with Gasteiger partial charge in [-0.3, -0.25) is 19.8 Å². The fraction of sp³-hybridized carbons (Fsp3) is 0.190. The predicted molar refractivity (Wildman–Crippen MR) is 107 cm³/mol. The third-order valence-electron chi connectivity index (χ3n) is 4.96. The highest BCUT2D eigenvalue weighted by molar-refractivity contribution is 6.22. The maximum absolute atomic E-state index is 12.7. The van der Waals surface area contributed by atoms with Gasteiger partial charge in [0.05, 0.1) is 24.8 Å². The van der Waals surface area contributed by atoms with Crippen LogP contribution in [0.4, 0.5) is 5.69 Å². The molecule has 2 heterocycles. The van der Waals surface area contributed by atoms with Crippen LogP contribution in [0.1, 0.15) is 16.8 Å². The van der Waals surface area contributed by atoms with Crippen molar-refractivity contribution in [3.05, 3.63) is 60.3 Å². The van der Waals surface area contributed by atoms with E-state index in [1.165, 1.54) is 7.11 Å². The second kappa shape index (κ2) is 7.40. The number of aryl methyl sites for hydroxylation is 1.